The highest BCUT2D eigenvalue weighted by atomic mass is 16.7. The lowest BCUT2D eigenvalue weighted by Crippen LogP contribution is -2.44. The molecular formula is C25H26O7. The first-order valence-corrected chi connectivity index (χ1v) is 11.4. The van der Waals surface area contributed by atoms with E-state index in [4.69, 9.17) is 23.4 Å². The van der Waals surface area contributed by atoms with Crippen molar-refractivity contribution in [2.24, 2.45) is 16.7 Å². The number of fused-ring (bicyclic) bond motifs is 1. The molecule has 0 amide bonds. The number of carbonyl (C=O) groups is 2. The SMILES string of the molecule is CC1(C)O[C@]2(C=C3[C@H](CC[C@@]45C[C@@]34C(=O)O[C@H]5c3ccoc3)O2)C[C@H]1[C@@]1(C)C=CC(=O)O1. The Bertz CT molecular complexity index is 1120. The molecule has 2 aliphatic carbocycles. The zero-order valence-electron chi connectivity index (χ0n) is 18.4. The summed E-state index contributed by atoms with van der Waals surface area (Å²) < 4.78 is 30.0. The Labute approximate surface area is 185 Å². The van der Waals surface area contributed by atoms with Crippen molar-refractivity contribution >= 4 is 11.9 Å². The number of furan rings is 1. The summed E-state index contributed by atoms with van der Waals surface area (Å²) in [4.78, 5) is 25.1. The Morgan fingerprint density at radius 1 is 1.16 bits per heavy atom. The van der Waals surface area contributed by atoms with Gasteiger partial charge in [-0.3, -0.25) is 4.79 Å². The molecule has 2 saturated heterocycles. The quantitative estimate of drug-likeness (QED) is 0.514. The number of hydrogen-bond donors (Lipinski definition) is 0. The molecule has 0 N–H and O–H groups in total. The first-order valence-electron chi connectivity index (χ1n) is 11.4. The molecule has 1 aromatic rings. The van der Waals surface area contributed by atoms with Gasteiger partial charge in [0.25, 0.3) is 0 Å². The lowest BCUT2D eigenvalue weighted by atomic mass is 9.72. The zero-order chi connectivity index (χ0) is 22.1. The van der Waals surface area contributed by atoms with Crippen LogP contribution in [0.2, 0.25) is 0 Å². The summed E-state index contributed by atoms with van der Waals surface area (Å²) in [6.45, 7) is 5.95. The Morgan fingerprint density at radius 3 is 2.72 bits per heavy atom. The molecule has 168 valence electrons. The molecule has 6 aliphatic rings. The van der Waals surface area contributed by atoms with Gasteiger partial charge in [0.2, 0.25) is 0 Å². The van der Waals surface area contributed by atoms with E-state index in [9.17, 15) is 9.59 Å². The van der Waals surface area contributed by atoms with E-state index in [-0.39, 0.29) is 35.5 Å². The van der Waals surface area contributed by atoms with Gasteiger partial charge >= 0.3 is 11.9 Å². The van der Waals surface area contributed by atoms with E-state index < -0.39 is 22.4 Å². The third kappa shape index (κ3) is 2.05. The highest BCUT2D eigenvalue weighted by Crippen LogP contribution is 2.83. The smallest absolute Gasteiger partial charge is 0.331 e. The van der Waals surface area contributed by atoms with Crippen LogP contribution in [-0.2, 0) is 28.5 Å². The minimum absolute atomic E-state index is 0.0922. The summed E-state index contributed by atoms with van der Waals surface area (Å²) in [7, 11) is 0. The van der Waals surface area contributed by atoms with E-state index in [0.29, 0.717) is 6.42 Å². The lowest BCUT2D eigenvalue weighted by molar-refractivity contribution is -0.223. The van der Waals surface area contributed by atoms with Crippen LogP contribution in [0.1, 0.15) is 58.1 Å². The minimum Gasteiger partial charge on any atom is -0.472 e. The third-order valence-corrected chi connectivity index (χ3v) is 8.96. The topological polar surface area (TPSA) is 84.2 Å². The molecule has 0 unspecified atom stereocenters. The molecule has 7 heteroatoms. The van der Waals surface area contributed by atoms with Gasteiger partial charge in [-0.15, -0.1) is 0 Å². The minimum atomic E-state index is -0.929. The van der Waals surface area contributed by atoms with E-state index in [1.807, 2.05) is 32.9 Å². The number of ether oxygens (including phenoxy) is 4. The summed E-state index contributed by atoms with van der Waals surface area (Å²) in [5.74, 6) is -1.51. The average Bonchev–Trinajstić information content (AvgIpc) is 3.24. The van der Waals surface area contributed by atoms with E-state index in [1.165, 1.54) is 6.08 Å². The van der Waals surface area contributed by atoms with Crippen LogP contribution in [0.3, 0.4) is 0 Å². The van der Waals surface area contributed by atoms with Gasteiger partial charge in [-0.25, -0.2) is 4.79 Å². The maximum Gasteiger partial charge on any atom is 0.331 e. The number of rotatable bonds is 2. The van der Waals surface area contributed by atoms with Crippen LogP contribution < -0.4 is 0 Å². The van der Waals surface area contributed by atoms with Crippen LogP contribution in [0.25, 0.3) is 0 Å². The number of cyclic esters (lactones) is 2. The monoisotopic (exact) mass is 438 g/mol. The van der Waals surface area contributed by atoms with Crippen molar-refractivity contribution in [2.45, 2.75) is 75.7 Å². The van der Waals surface area contributed by atoms with Crippen LogP contribution in [-0.4, -0.2) is 35.0 Å². The molecule has 0 radical (unpaired) electrons. The molecule has 1 aromatic heterocycles. The van der Waals surface area contributed by atoms with Crippen molar-refractivity contribution in [1.29, 1.82) is 0 Å². The van der Waals surface area contributed by atoms with Crippen molar-refractivity contribution in [1.82, 2.24) is 0 Å². The summed E-state index contributed by atoms with van der Waals surface area (Å²) in [5, 5.41) is 0. The predicted molar refractivity (Wildman–Crippen MR) is 109 cm³/mol. The second-order valence-corrected chi connectivity index (χ2v) is 11.0. The molecule has 0 bridgehead atoms. The molecule has 5 heterocycles. The molecule has 7 atom stereocenters. The molecule has 2 saturated carbocycles. The molecule has 4 fully saturated rings. The van der Waals surface area contributed by atoms with E-state index in [1.54, 1.807) is 12.5 Å². The van der Waals surface area contributed by atoms with Gasteiger partial charge in [0.15, 0.2) is 5.79 Å². The van der Waals surface area contributed by atoms with E-state index >= 15 is 0 Å². The highest BCUT2D eigenvalue weighted by molar-refractivity contribution is 5.90. The Balaban J connectivity index is 1.26. The molecule has 0 aromatic carbocycles. The van der Waals surface area contributed by atoms with Crippen molar-refractivity contribution in [2.75, 3.05) is 0 Å². The van der Waals surface area contributed by atoms with E-state index in [0.717, 1.165) is 30.4 Å². The van der Waals surface area contributed by atoms with Crippen LogP contribution in [0.5, 0.6) is 0 Å². The first kappa shape index (κ1) is 19.1. The van der Waals surface area contributed by atoms with Crippen LogP contribution >= 0.6 is 0 Å². The summed E-state index contributed by atoms with van der Waals surface area (Å²) in [5.41, 5.74) is -0.251. The van der Waals surface area contributed by atoms with Gasteiger partial charge in [-0.2, -0.15) is 0 Å². The first-order chi connectivity index (χ1) is 15.1. The summed E-state index contributed by atoms with van der Waals surface area (Å²) >= 11 is 0. The van der Waals surface area contributed by atoms with Crippen LogP contribution in [0.15, 0.2) is 46.8 Å². The zero-order valence-corrected chi connectivity index (χ0v) is 18.4. The van der Waals surface area contributed by atoms with Gasteiger partial charge in [-0.1, -0.05) is 0 Å². The van der Waals surface area contributed by atoms with Crippen molar-refractivity contribution < 1.29 is 33.0 Å². The molecule has 32 heavy (non-hydrogen) atoms. The van der Waals surface area contributed by atoms with Crippen molar-refractivity contribution in [3.05, 3.63) is 48.0 Å². The van der Waals surface area contributed by atoms with Crippen molar-refractivity contribution in [3.8, 4) is 0 Å². The van der Waals surface area contributed by atoms with Gasteiger partial charge in [0, 0.05) is 29.4 Å². The Kier molecular flexibility index (Phi) is 3.22. The fourth-order valence-electron chi connectivity index (χ4n) is 7.61. The molecular weight excluding hydrogens is 412 g/mol. The third-order valence-electron chi connectivity index (χ3n) is 8.96. The Morgan fingerprint density at radius 2 is 2.00 bits per heavy atom. The summed E-state index contributed by atoms with van der Waals surface area (Å²) in [6.07, 6.45) is 11.2. The second-order valence-electron chi connectivity index (χ2n) is 11.0. The molecule has 1 spiro atoms. The lowest BCUT2D eigenvalue weighted by Gasteiger charge is -2.36. The van der Waals surface area contributed by atoms with Gasteiger partial charge in [0.05, 0.1) is 24.2 Å². The fourth-order valence-corrected chi connectivity index (χ4v) is 7.61. The predicted octanol–water partition coefficient (Wildman–Crippen LogP) is 3.76. The second kappa shape index (κ2) is 5.39. The number of esters is 2. The van der Waals surface area contributed by atoms with Crippen LogP contribution in [0, 0.1) is 16.7 Å². The molecule has 4 aliphatic heterocycles. The van der Waals surface area contributed by atoms with Gasteiger partial charge in [0.1, 0.15) is 17.1 Å². The van der Waals surface area contributed by atoms with Crippen molar-refractivity contribution in [3.63, 3.8) is 0 Å². The summed E-state index contributed by atoms with van der Waals surface area (Å²) in [6, 6.07) is 1.89. The van der Waals surface area contributed by atoms with Crippen LogP contribution in [0.4, 0.5) is 0 Å². The maximum atomic E-state index is 13.2. The maximum absolute atomic E-state index is 13.2. The largest absolute Gasteiger partial charge is 0.472 e. The highest BCUT2D eigenvalue weighted by Gasteiger charge is 2.85. The van der Waals surface area contributed by atoms with Gasteiger partial charge in [-0.05, 0) is 63.8 Å². The Hall–Kier alpha value is -2.38. The standard InChI is InChI=1S/C25H26O7/c1-21(2)17(22(3)7-5-18(26)31-22)11-24(32-21)10-15-16(30-24)4-8-23-13-25(15,23)20(27)29-19(23)14-6-9-28-12-14/h5-7,9-10,12,16-17,19H,4,8,11,13H2,1-3H3/t16-,17+,19-,22+,23-,24+,25-/m0/s1. The molecule has 7 rings (SSSR count). The number of carbonyl (C=O) groups excluding carboxylic acids is 2. The average molecular weight is 438 g/mol. The van der Waals surface area contributed by atoms with E-state index in [2.05, 4.69) is 6.08 Å². The number of hydrogen-bond acceptors (Lipinski definition) is 7. The van der Waals surface area contributed by atoms with Gasteiger partial charge < -0.3 is 23.4 Å². The molecule has 7 nitrogen and oxygen atoms in total. The fraction of sp³-hybridized carbons (Fsp3) is 0.600. The normalized spacial score (nSPS) is 49.5.